The molecule has 0 amide bonds. The Morgan fingerprint density at radius 1 is 0.967 bits per heavy atom. The lowest BCUT2D eigenvalue weighted by atomic mass is 10.1. The van der Waals surface area contributed by atoms with Gasteiger partial charge in [0.1, 0.15) is 18.1 Å². The Morgan fingerprint density at radius 2 is 1.73 bits per heavy atom. The minimum absolute atomic E-state index is 0.0118. The van der Waals surface area contributed by atoms with Crippen molar-refractivity contribution in [2.24, 2.45) is 0 Å². The predicted molar refractivity (Wildman–Crippen MR) is 113 cm³/mol. The Labute approximate surface area is 172 Å². The molecular weight excluding hydrogens is 382 g/mol. The van der Waals surface area contributed by atoms with E-state index in [2.05, 4.69) is 0 Å². The van der Waals surface area contributed by atoms with Crippen molar-refractivity contribution in [1.29, 1.82) is 0 Å². The summed E-state index contributed by atoms with van der Waals surface area (Å²) < 4.78 is 11.4. The van der Waals surface area contributed by atoms with Gasteiger partial charge in [-0.25, -0.2) is 0 Å². The van der Waals surface area contributed by atoms with Crippen LogP contribution in [0.5, 0.6) is 11.5 Å². The number of rotatable bonds is 6. The van der Waals surface area contributed by atoms with Gasteiger partial charge in [0, 0.05) is 18.2 Å². The van der Waals surface area contributed by atoms with Gasteiger partial charge >= 0.3 is 0 Å². The van der Waals surface area contributed by atoms with E-state index in [0.717, 1.165) is 5.56 Å². The van der Waals surface area contributed by atoms with Crippen LogP contribution in [0.1, 0.15) is 21.5 Å². The summed E-state index contributed by atoms with van der Waals surface area (Å²) in [5.74, 6) is 0.951. The Bertz CT molecular complexity index is 1150. The van der Waals surface area contributed by atoms with Gasteiger partial charge in [-0.1, -0.05) is 36.4 Å². The predicted octanol–water partition coefficient (Wildman–Crippen LogP) is 5.30. The smallest absolute Gasteiger partial charge is 0.269 e. The molecule has 0 bridgehead atoms. The molecule has 0 aromatic heterocycles. The Kier molecular flexibility index (Phi) is 5.39. The van der Waals surface area contributed by atoms with Crippen LogP contribution in [-0.2, 0) is 0 Å². The summed E-state index contributed by atoms with van der Waals surface area (Å²) in [4.78, 5) is 22.8. The fraction of sp³-hybridized carbons (Fsp3) is 0.0417. The largest absolute Gasteiger partial charge is 0.489 e. The SMILES string of the molecule is O=C1/C(=C/c2ccc([N+](=O)[O-])cc2)Oc2cc(OC/C=C/c3ccccc3)ccc21. The lowest BCUT2D eigenvalue weighted by Crippen LogP contribution is -1.98. The molecule has 148 valence electrons. The number of Topliss-reactive ketones (excluding diaryl/α,β-unsaturated/α-hetero) is 1. The zero-order valence-electron chi connectivity index (χ0n) is 15.9. The number of fused-ring (bicyclic) bond motifs is 1. The third-order valence-corrected chi connectivity index (χ3v) is 4.50. The van der Waals surface area contributed by atoms with Crippen LogP contribution in [-0.4, -0.2) is 17.3 Å². The minimum Gasteiger partial charge on any atom is -0.489 e. The van der Waals surface area contributed by atoms with Crippen molar-refractivity contribution in [2.75, 3.05) is 6.61 Å². The summed E-state index contributed by atoms with van der Waals surface area (Å²) in [5, 5.41) is 10.8. The Balaban J connectivity index is 1.43. The second-order valence-electron chi connectivity index (χ2n) is 6.57. The molecule has 0 radical (unpaired) electrons. The van der Waals surface area contributed by atoms with Crippen molar-refractivity contribution in [3.63, 3.8) is 0 Å². The molecule has 0 spiro atoms. The number of nitro groups is 1. The van der Waals surface area contributed by atoms with Gasteiger partial charge in [0.25, 0.3) is 5.69 Å². The van der Waals surface area contributed by atoms with E-state index in [9.17, 15) is 14.9 Å². The second kappa shape index (κ2) is 8.45. The minimum atomic E-state index is -0.472. The second-order valence-corrected chi connectivity index (χ2v) is 6.57. The molecule has 1 heterocycles. The lowest BCUT2D eigenvalue weighted by Gasteiger charge is -2.04. The van der Waals surface area contributed by atoms with E-state index in [1.807, 2.05) is 42.5 Å². The van der Waals surface area contributed by atoms with Crippen LogP contribution in [0.3, 0.4) is 0 Å². The normalized spacial score (nSPS) is 14.0. The number of ketones is 1. The van der Waals surface area contributed by atoms with Gasteiger partial charge in [-0.05, 0) is 47.5 Å². The molecule has 0 fully saturated rings. The number of hydrogen-bond acceptors (Lipinski definition) is 5. The number of benzene rings is 3. The third-order valence-electron chi connectivity index (χ3n) is 4.50. The maximum Gasteiger partial charge on any atom is 0.269 e. The number of non-ortho nitro benzene ring substituents is 1. The molecule has 0 unspecified atom stereocenters. The number of allylic oxidation sites excluding steroid dienone is 1. The van der Waals surface area contributed by atoms with Crippen LogP contribution in [0.15, 0.2) is 84.6 Å². The average Bonchev–Trinajstić information content (AvgIpc) is 3.07. The first-order chi connectivity index (χ1) is 14.6. The van der Waals surface area contributed by atoms with Gasteiger partial charge in [-0.2, -0.15) is 0 Å². The van der Waals surface area contributed by atoms with Crippen molar-refractivity contribution in [3.8, 4) is 11.5 Å². The zero-order chi connectivity index (χ0) is 20.9. The number of hydrogen-bond donors (Lipinski definition) is 0. The van der Waals surface area contributed by atoms with Gasteiger partial charge < -0.3 is 9.47 Å². The Morgan fingerprint density at radius 3 is 2.47 bits per heavy atom. The lowest BCUT2D eigenvalue weighted by molar-refractivity contribution is -0.384. The first kappa shape index (κ1) is 19.1. The van der Waals surface area contributed by atoms with E-state index in [1.54, 1.807) is 36.4 Å². The molecule has 1 aliphatic rings. The molecule has 0 N–H and O–H groups in total. The van der Waals surface area contributed by atoms with Gasteiger partial charge in [0.05, 0.1) is 10.5 Å². The maximum absolute atomic E-state index is 12.6. The highest BCUT2D eigenvalue weighted by atomic mass is 16.6. The van der Waals surface area contributed by atoms with Gasteiger partial charge in [-0.3, -0.25) is 14.9 Å². The summed E-state index contributed by atoms with van der Waals surface area (Å²) in [6.45, 7) is 0.382. The summed E-state index contributed by atoms with van der Waals surface area (Å²) >= 11 is 0. The molecule has 3 aromatic rings. The van der Waals surface area contributed by atoms with E-state index in [-0.39, 0.29) is 17.2 Å². The molecule has 0 saturated heterocycles. The maximum atomic E-state index is 12.6. The molecule has 3 aromatic carbocycles. The van der Waals surface area contributed by atoms with E-state index < -0.39 is 4.92 Å². The van der Waals surface area contributed by atoms with Crippen molar-refractivity contribution >= 4 is 23.6 Å². The van der Waals surface area contributed by atoms with E-state index in [4.69, 9.17) is 9.47 Å². The molecular formula is C24H17NO5. The van der Waals surface area contributed by atoms with Crippen molar-refractivity contribution in [3.05, 3.63) is 111 Å². The highest BCUT2D eigenvalue weighted by Gasteiger charge is 2.27. The topological polar surface area (TPSA) is 78.7 Å². The monoisotopic (exact) mass is 399 g/mol. The van der Waals surface area contributed by atoms with Crippen LogP contribution in [0.2, 0.25) is 0 Å². The van der Waals surface area contributed by atoms with Crippen molar-refractivity contribution in [2.45, 2.75) is 0 Å². The highest BCUT2D eigenvalue weighted by molar-refractivity contribution is 6.14. The molecule has 6 nitrogen and oxygen atoms in total. The van der Waals surface area contributed by atoms with Crippen LogP contribution in [0, 0.1) is 10.1 Å². The number of nitro benzene ring substituents is 1. The molecule has 30 heavy (non-hydrogen) atoms. The van der Waals surface area contributed by atoms with Crippen LogP contribution >= 0.6 is 0 Å². The third kappa shape index (κ3) is 4.28. The van der Waals surface area contributed by atoms with Crippen LogP contribution < -0.4 is 9.47 Å². The quantitative estimate of drug-likeness (QED) is 0.319. The number of nitrogens with zero attached hydrogens (tertiary/aromatic N) is 1. The van der Waals surface area contributed by atoms with Crippen LogP contribution in [0.25, 0.3) is 12.2 Å². The average molecular weight is 399 g/mol. The molecule has 1 aliphatic heterocycles. The van der Waals surface area contributed by atoms with Gasteiger partial charge in [0.15, 0.2) is 5.76 Å². The summed E-state index contributed by atoms with van der Waals surface area (Å²) in [5.41, 5.74) is 2.17. The highest BCUT2D eigenvalue weighted by Crippen LogP contribution is 2.35. The summed E-state index contributed by atoms with van der Waals surface area (Å²) in [7, 11) is 0. The van der Waals surface area contributed by atoms with Gasteiger partial charge in [-0.15, -0.1) is 0 Å². The zero-order valence-corrected chi connectivity index (χ0v) is 15.9. The van der Waals surface area contributed by atoms with E-state index in [0.29, 0.717) is 29.2 Å². The molecule has 4 rings (SSSR count). The van der Waals surface area contributed by atoms with Crippen LogP contribution in [0.4, 0.5) is 5.69 Å². The van der Waals surface area contributed by atoms with Crippen molar-refractivity contribution in [1.82, 2.24) is 0 Å². The molecule has 6 heteroatoms. The number of carbonyl (C=O) groups is 1. The van der Waals surface area contributed by atoms with Gasteiger partial charge in [0.2, 0.25) is 5.78 Å². The van der Waals surface area contributed by atoms with E-state index in [1.165, 1.54) is 12.1 Å². The van der Waals surface area contributed by atoms with E-state index >= 15 is 0 Å². The fourth-order valence-electron chi connectivity index (χ4n) is 2.99. The number of carbonyl (C=O) groups excluding carboxylic acids is 1. The first-order valence-corrected chi connectivity index (χ1v) is 9.27. The number of ether oxygens (including phenoxy) is 2. The molecule has 0 aliphatic carbocycles. The molecule has 0 saturated carbocycles. The fourth-order valence-corrected chi connectivity index (χ4v) is 2.99. The Hall–Kier alpha value is -4.19. The summed E-state index contributed by atoms with van der Waals surface area (Å²) in [6, 6.07) is 20.9. The summed E-state index contributed by atoms with van der Waals surface area (Å²) in [6.07, 6.45) is 5.45. The van der Waals surface area contributed by atoms with Crippen molar-refractivity contribution < 1.29 is 19.2 Å². The first-order valence-electron chi connectivity index (χ1n) is 9.27. The molecule has 0 atom stereocenters. The standard InChI is InChI=1S/C24H17NO5/c26-24-21-13-12-20(29-14-4-7-17-5-2-1-3-6-17)16-22(21)30-23(24)15-18-8-10-19(11-9-18)25(27)28/h1-13,15-16H,14H2/b7-4+,23-15-.